The van der Waals surface area contributed by atoms with Crippen LogP contribution in [0.15, 0.2) is 45.6 Å². The van der Waals surface area contributed by atoms with Gasteiger partial charge in [-0.05, 0) is 0 Å². The molecule has 1 aliphatic heterocycles. The van der Waals surface area contributed by atoms with Gasteiger partial charge in [-0.15, -0.1) is 0 Å². The van der Waals surface area contributed by atoms with E-state index in [1.165, 1.54) is 51.4 Å². The van der Waals surface area contributed by atoms with Crippen molar-refractivity contribution in [1.82, 2.24) is 0 Å². The quantitative estimate of drug-likeness (QED) is 0.460. The summed E-state index contributed by atoms with van der Waals surface area (Å²) in [6, 6.07) is 0. The molecular formula is C22H30Cl2Hf. The van der Waals surface area contributed by atoms with Crippen LogP contribution in [0.5, 0.6) is 0 Å². The summed E-state index contributed by atoms with van der Waals surface area (Å²) >= 11 is -2.24. The zero-order chi connectivity index (χ0) is 15.6. The molecule has 1 heterocycles. The third-order valence-corrected chi connectivity index (χ3v) is 27.5. The zero-order valence-electron chi connectivity index (χ0n) is 15.6. The van der Waals surface area contributed by atoms with Gasteiger partial charge >= 0.3 is 146 Å². The molecule has 0 bridgehead atoms. The average Bonchev–Trinajstić information content (AvgIpc) is 3.13. The van der Waals surface area contributed by atoms with Gasteiger partial charge in [-0.1, -0.05) is 0 Å². The van der Waals surface area contributed by atoms with E-state index in [0.29, 0.717) is 0 Å². The van der Waals surface area contributed by atoms with Gasteiger partial charge in [0.25, 0.3) is 0 Å². The molecule has 0 N–H and O–H groups in total. The normalized spacial score (nSPS) is 31.0. The second-order valence-electron chi connectivity index (χ2n) is 8.89. The first-order chi connectivity index (χ1) is 11.2. The van der Waals surface area contributed by atoms with Gasteiger partial charge in [0.15, 0.2) is 0 Å². The molecule has 1 fully saturated rings. The zero-order valence-corrected chi connectivity index (χ0v) is 20.7. The summed E-state index contributed by atoms with van der Waals surface area (Å²) in [6.07, 6.45) is 16.8. The van der Waals surface area contributed by atoms with Crippen molar-refractivity contribution in [3.05, 3.63) is 45.6 Å². The van der Waals surface area contributed by atoms with E-state index in [0.717, 1.165) is 7.35 Å². The van der Waals surface area contributed by atoms with Crippen LogP contribution in [0.25, 0.3) is 0 Å². The summed E-state index contributed by atoms with van der Waals surface area (Å²) < 4.78 is 5.40. The van der Waals surface area contributed by atoms with Crippen molar-refractivity contribution < 1.29 is 44.8 Å². The van der Waals surface area contributed by atoms with E-state index in [-0.39, 0.29) is 24.8 Å². The van der Waals surface area contributed by atoms with Crippen LogP contribution in [-0.2, 0) is 20.0 Å². The van der Waals surface area contributed by atoms with Crippen LogP contribution in [0.1, 0.15) is 65.2 Å². The number of hydrogen-bond acceptors (Lipinski definition) is 0. The largest absolute Gasteiger partial charge is 1.00 e. The van der Waals surface area contributed by atoms with Crippen molar-refractivity contribution in [3.63, 3.8) is 0 Å². The predicted octanol–water partition coefficient (Wildman–Crippen LogP) is 1.24. The Balaban J connectivity index is 0.000000911. The summed E-state index contributed by atoms with van der Waals surface area (Å²) in [6.45, 7) is 4.99. The molecule has 2 unspecified atom stereocenters. The van der Waals surface area contributed by atoms with Gasteiger partial charge in [0.1, 0.15) is 0 Å². The molecule has 25 heavy (non-hydrogen) atoms. The number of hydrogen-bond donors (Lipinski definition) is 0. The molecule has 0 spiro atoms. The Morgan fingerprint density at radius 3 is 1.48 bits per heavy atom. The Bertz CT molecular complexity index is 635. The SMILES string of the molecule is CC1=CC2=C(CCCC2)[CH]1[Hf+2]1([CH]2C(C)=CC3=C2CCCC3)[CH2][CH2]1.[Cl-].[Cl-]. The minimum Gasteiger partial charge on any atom is -1.00 e. The topological polar surface area (TPSA) is 0 Å². The average molecular weight is 544 g/mol. The smallest absolute Gasteiger partial charge is 1.00 e. The molecule has 0 aromatic heterocycles. The fourth-order valence-electron chi connectivity index (χ4n) is 6.65. The van der Waals surface area contributed by atoms with Gasteiger partial charge in [0.2, 0.25) is 0 Å². The minimum atomic E-state index is -2.24. The van der Waals surface area contributed by atoms with Crippen LogP contribution in [0.2, 0.25) is 15.7 Å². The fourth-order valence-corrected chi connectivity index (χ4v) is 36.0. The van der Waals surface area contributed by atoms with Crippen molar-refractivity contribution in [2.24, 2.45) is 0 Å². The monoisotopic (exact) mass is 544 g/mol. The van der Waals surface area contributed by atoms with Gasteiger partial charge in [-0.3, -0.25) is 0 Å². The Kier molecular flexibility index (Phi) is 6.00. The first-order valence-electron chi connectivity index (χ1n) is 10.0. The third-order valence-electron chi connectivity index (χ3n) is 7.50. The van der Waals surface area contributed by atoms with Crippen molar-refractivity contribution in [1.29, 1.82) is 0 Å². The van der Waals surface area contributed by atoms with Gasteiger partial charge in [0.05, 0.1) is 0 Å². The number of halogens is 2. The molecule has 0 radical (unpaired) electrons. The van der Waals surface area contributed by atoms with Gasteiger partial charge in [0, 0.05) is 0 Å². The molecule has 2 atom stereocenters. The molecule has 0 amide bonds. The van der Waals surface area contributed by atoms with Crippen LogP contribution in [0.4, 0.5) is 0 Å². The first kappa shape index (κ1) is 20.2. The molecular weight excluding hydrogens is 514 g/mol. The molecule has 5 aliphatic rings. The summed E-state index contributed by atoms with van der Waals surface area (Å²) in [5.74, 6) is 0. The molecule has 4 aliphatic carbocycles. The van der Waals surface area contributed by atoms with Crippen LogP contribution in [0, 0.1) is 0 Å². The third kappa shape index (κ3) is 3.05. The van der Waals surface area contributed by atoms with Crippen molar-refractivity contribution in [3.8, 4) is 0 Å². The van der Waals surface area contributed by atoms with Crippen LogP contribution in [-0.4, -0.2) is 0 Å². The predicted molar refractivity (Wildman–Crippen MR) is 95.6 cm³/mol. The van der Waals surface area contributed by atoms with E-state index in [1.54, 1.807) is 30.6 Å². The van der Waals surface area contributed by atoms with Gasteiger partial charge < -0.3 is 24.8 Å². The van der Waals surface area contributed by atoms with Crippen LogP contribution in [0.3, 0.4) is 0 Å². The van der Waals surface area contributed by atoms with Crippen LogP contribution < -0.4 is 24.8 Å². The van der Waals surface area contributed by atoms with E-state index < -0.39 is 20.0 Å². The Morgan fingerprint density at radius 1 is 0.680 bits per heavy atom. The molecule has 0 aromatic rings. The molecule has 1 saturated heterocycles. The Hall–Kier alpha value is 0.410. The van der Waals surface area contributed by atoms with E-state index in [2.05, 4.69) is 26.0 Å². The summed E-state index contributed by atoms with van der Waals surface area (Å²) in [5, 5.41) is 0. The molecule has 5 rings (SSSR count). The summed E-state index contributed by atoms with van der Waals surface area (Å²) in [5.41, 5.74) is 11.1. The van der Waals surface area contributed by atoms with Crippen molar-refractivity contribution in [2.45, 2.75) is 80.9 Å². The van der Waals surface area contributed by atoms with Crippen molar-refractivity contribution in [2.75, 3.05) is 0 Å². The van der Waals surface area contributed by atoms with Gasteiger partial charge in [-0.25, -0.2) is 0 Å². The Morgan fingerprint density at radius 2 is 1.08 bits per heavy atom. The molecule has 0 nitrogen and oxygen atoms in total. The maximum absolute atomic E-state index is 2.64. The van der Waals surface area contributed by atoms with E-state index >= 15 is 0 Å². The second-order valence-corrected chi connectivity index (χ2v) is 25.5. The van der Waals surface area contributed by atoms with Crippen molar-refractivity contribution >= 4 is 0 Å². The Labute approximate surface area is 170 Å². The molecule has 3 heteroatoms. The first-order valence-corrected chi connectivity index (χ1v) is 19.2. The van der Waals surface area contributed by atoms with E-state index in [9.17, 15) is 0 Å². The van der Waals surface area contributed by atoms with Gasteiger partial charge in [-0.2, -0.15) is 0 Å². The van der Waals surface area contributed by atoms with E-state index in [1.807, 2.05) is 11.1 Å². The maximum Gasteiger partial charge on any atom is -1.00 e. The molecule has 0 saturated carbocycles. The maximum atomic E-state index is 2.64. The standard InChI is InChI=1S/2C10H13.C2H4.2ClH.Hf/c2*1-8-6-9-4-2-3-5-10(9)7-8;1-2;;;/h2*6-7H,2-5H2,1H3;1-2H2;2*1H;/q;;;;;+2/p-2. The minimum absolute atomic E-state index is 0. The molecule has 0 aromatic carbocycles. The second kappa shape index (κ2) is 7.44. The van der Waals surface area contributed by atoms with E-state index in [4.69, 9.17) is 0 Å². The molecule has 136 valence electrons. The summed E-state index contributed by atoms with van der Waals surface area (Å²) in [7, 11) is 0. The van der Waals surface area contributed by atoms with Crippen LogP contribution >= 0.6 is 0 Å². The number of rotatable bonds is 2. The summed E-state index contributed by atoms with van der Waals surface area (Å²) in [4.78, 5) is 0. The number of allylic oxidation sites excluding steroid dienone is 8. The fraction of sp³-hybridized carbons (Fsp3) is 0.636.